The Morgan fingerprint density at radius 2 is 1.61 bits per heavy atom. The van der Waals surface area contributed by atoms with Crippen molar-refractivity contribution in [2.45, 2.75) is 24.7 Å². The highest BCUT2D eigenvalue weighted by molar-refractivity contribution is 7.89. The summed E-state index contributed by atoms with van der Waals surface area (Å²) in [7, 11) is -3.60. The summed E-state index contributed by atoms with van der Waals surface area (Å²) in [6.07, 6.45) is 2.38. The molecule has 2 saturated heterocycles. The molecule has 0 spiro atoms. The molecule has 0 N–H and O–H groups in total. The molecular formula is C19H24ClN5O2S. The molecule has 0 atom stereocenters. The van der Waals surface area contributed by atoms with Crippen LogP contribution in [0.4, 0.5) is 11.8 Å². The molecule has 9 heteroatoms. The van der Waals surface area contributed by atoms with Gasteiger partial charge in [0.1, 0.15) is 10.7 Å². The largest absolute Gasteiger partial charge is 0.356 e. The van der Waals surface area contributed by atoms with E-state index in [-0.39, 0.29) is 9.92 Å². The Morgan fingerprint density at radius 1 is 0.929 bits per heavy atom. The second kappa shape index (κ2) is 7.85. The number of aryl methyl sites for hydroxylation is 1. The molecule has 2 aliphatic rings. The second-order valence-electron chi connectivity index (χ2n) is 7.18. The third-order valence-electron chi connectivity index (χ3n) is 5.23. The number of piperazine rings is 1. The molecule has 0 bridgehead atoms. The number of halogens is 1. The number of nitrogens with zero attached hydrogens (tertiary/aromatic N) is 5. The molecule has 0 unspecified atom stereocenters. The summed E-state index contributed by atoms with van der Waals surface area (Å²) in [5.74, 6) is 1.64. The fraction of sp³-hybridized carbons (Fsp3) is 0.474. The van der Waals surface area contributed by atoms with E-state index in [4.69, 9.17) is 16.6 Å². The normalized spacial score (nSPS) is 18.6. The van der Waals surface area contributed by atoms with E-state index in [1.54, 1.807) is 24.3 Å². The third-order valence-corrected chi connectivity index (χ3v) is 7.63. The lowest BCUT2D eigenvalue weighted by Gasteiger charge is -2.34. The van der Waals surface area contributed by atoms with Gasteiger partial charge >= 0.3 is 0 Å². The molecule has 3 heterocycles. The van der Waals surface area contributed by atoms with Crippen molar-refractivity contribution in [3.63, 3.8) is 0 Å². The van der Waals surface area contributed by atoms with Crippen molar-refractivity contribution in [3.8, 4) is 0 Å². The molecule has 0 saturated carbocycles. The van der Waals surface area contributed by atoms with Crippen LogP contribution < -0.4 is 9.80 Å². The number of anilines is 2. The minimum atomic E-state index is -3.60. The summed E-state index contributed by atoms with van der Waals surface area (Å²) < 4.78 is 27.3. The first-order chi connectivity index (χ1) is 13.4. The lowest BCUT2D eigenvalue weighted by Crippen LogP contribution is -2.49. The molecule has 150 valence electrons. The Morgan fingerprint density at radius 3 is 2.29 bits per heavy atom. The van der Waals surface area contributed by atoms with E-state index in [2.05, 4.69) is 14.8 Å². The van der Waals surface area contributed by atoms with Crippen LogP contribution in [0.3, 0.4) is 0 Å². The van der Waals surface area contributed by atoms with Gasteiger partial charge in [0, 0.05) is 51.0 Å². The predicted molar refractivity (Wildman–Crippen MR) is 111 cm³/mol. The zero-order chi connectivity index (χ0) is 19.7. The first kappa shape index (κ1) is 19.4. The fourth-order valence-corrected chi connectivity index (χ4v) is 5.62. The molecule has 1 aromatic carbocycles. The van der Waals surface area contributed by atoms with Gasteiger partial charge in [-0.2, -0.15) is 9.29 Å². The Bertz CT molecular complexity index is 955. The Balaban J connectivity index is 1.49. The van der Waals surface area contributed by atoms with Crippen LogP contribution in [0.25, 0.3) is 0 Å². The summed E-state index contributed by atoms with van der Waals surface area (Å²) >= 11 is 6.11. The van der Waals surface area contributed by atoms with E-state index in [1.165, 1.54) is 17.1 Å². The molecule has 0 radical (unpaired) electrons. The summed E-state index contributed by atoms with van der Waals surface area (Å²) in [6, 6.07) is 8.59. The quantitative estimate of drug-likeness (QED) is 0.755. The molecule has 1 aromatic heterocycles. The smallest absolute Gasteiger partial charge is 0.244 e. The number of aromatic nitrogens is 2. The maximum atomic E-state index is 12.9. The van der Waals surface area contributed by atoms with E-state index in [9.17, 15) is 8.42 Å². The summed E-state index contributed by atoms with van der Waals surface area (Å²) in [5, 5.41) is 0.252. The highest BCUT2D eigenvalue weighted by Crippen LogP contribution is 2.26. The second-order valence-corrected chi connectivity index (χ2v) is 9.50. The molecule has 0 amide bonds. The van der Waals surface area contributed by atoms with Crippen LogP contribution in [0.15, 0.2) is 35.2 Å². The van der Waals surface area contributed by atoms with E-state index in [0.717, 1.165) is 24.6 Å². The lowest BCUT2D eigenvalue weighted by atomic mass is 10.3. The average Bonchev–Trinajstić information content (AvgIpc) is 3.23. The van der Waals surface area contributed by atoms with E-state index in [1.807, 2.05) is 13.0 Å². The van der Waals surface area contributed by atoms with Gasteiger partial charge in [0.05, 0.1) is 5.02 Å². The molecule has 0 aliphatic carbocycles. The molecule has 2 fully saturated rings. The van der Waals surface area contributed by atoms with Crippen LogP contribution in [0.5, 0.6) is 0 Å². The van der Waals surface area contributed by atoms with Crippen molar-refractivity contribution in [3.05, 3.63) is 41.0 Å². The maximum Gasteiger partial charge on any atom is 0.244 e. The SMILES string of the molecule is Cc1cc(N2CCCC2)nc(N2CCN(S(=O)(=O)c3ccccc3Cl)CC2)n1. The van der Waals surface area contributed by atoms with Gasteiger partial charge in [0.2, 0.25) is 16.0 Å². The van der Waals surface area contributed by atoms with Crippen LogP contribution in [0.1, 0.15) is 18.5 Å². The minimum absolute atomic E-state index is 0.160. The van der Waals surface area contributed by atoms with E-state index < -0.39 is 10.0 Å². The maximum absolute atomic E-state index is 12.9. The van der Waals surface area contributed by atoms with Gasteiger partial charge in [-0.3, -0.25) is 0 Å². The average molecular weight is 422 g/mol. The summed E-state index contributed by atoms with van der Waals surface area (Å²) in [6.45, 7) is 5.88. The van der Waals surface area contributed by atoms with Crippen molar-refractivity contribution < 1.29 is 8.42 Å². The molecular weight excluding hydrogens is 398 g/mol. The van der Waals surface area contributed by atoms with Gasteiger partial charge in [0.15, 0.2) is 0 Å². The number of hydrogen-bond donors (Lipinski definition) is 0. The number of hydrogen-bond acceptors (Lipinski definition) is 6. The Hall–Kier alpha value is -1.90. The molecule has 2 aromatic rings. The van der Waals surface area contributed by atoms with Crippen LogP contribution in [0, 0.1) is 6.92 Å². The van der Waals surface area contributed by atoms with E-state index >= 15 is 0 Å². The number of benzene rings is 1. The summed E-state index contributed by atoms with van der Waals surface area (Å²) in [4.78, 5) is 13.8. The minimum Gasteiger partial charge on any atom is -0.356 e. The van der Waals surface area contributed by atoms with Crippen LogP contribution in [-0.4, -0.2) is 62.0 Å². The zero-order valence-corrected chi connectivity index (χ0v) is 17.5. The lowest BCUT2D eigenvalue weighted by molar-refractivity contribution is 0.382. The fourth-order valence-electron chi connectivity index (χ4n) is 3.71. The van der Waals surface area contributed by atoms with Gasteiger partial charge < -0.3 is 9.80 Å². The van der Waals surface area contributed by atoms with Gasteiger partial charge in [-0.05, 0) is 31.9 Å². The first-order valence-electron chi connectivity index (χ1n) is 9.55. The van der Waals surface area contributed by atoms with Gasteiger partial charge in [-0.15, -0.1) is 0 Å². The number of rotatable bonds is 4. The first-order valence-corrected chi connectivity index (χ1v) is 11.4. The van der Waals surface area contributed by atoms with E-state index in [0.29, 0.717) is 32.1 Å². The van der Waals surface area contributed by atoms with Crippen LogP contribution >= 0.6 is 11.6 Å². The number of sulfonamides is 1. The van der Waals surface area contributed by atoms with Crippen molar-refractivity contribution in [1.29, 1.82) is 0 Å². The topological polar surface area (TPSA) is 69.6 Å². The molecule has 7 nitrogen and oxygen atoms in total. The van der Waals surface area contributed by atoms with Crippen molar-refractivity contribution in [2.75, 3.05) is 49.1 Å². The predicted octanol–water partition coefficient (Wildman–Crippen LogP) is 2.55. The van der Waals surface area contributed by atoms with Crippen molar-refractivity contribution in [2.24, 2.45) is 0 Å². The van der Waals surface area contributed by atoms with Gasteiger partial charge in [0.25, 0.3) is 0 Å². The van der Waals surface area contributed by atoms with Gasteiger partial charge in [-0.1, -0.05) is 23.7 Å². The Kier molecular flexibility index (Phi) is 5.44. The van der Waals surface area contributed by atoms with Gasteiger partial charge in [-0.25, -0.2) is 13.4 Å². The Labute approximate surface area is 171 Å². The molecule has 28 heavy (non-hydrogen) atoms. The zero-order valence-electron chi connectivity index (χ0n) is 15.9. The molecule has 4 rings (SSSR count). The standard InChI is InChI=1S/C19H24ClN5O2S/c1-15-14-18(23-8-4-5-9-23)22-19(21-15)24-10-12-25(13-11-24)28(26,27)17-7-3-2-6-16(17)20/h2-3,6-7,14H,4-5,8-13H2,1H3. The van der Waals surface area contributed by atoms with Crippen molar-refractivity contribution >= 4 is 33.4 Å². The highest BCUT2D eigenvalue weighted by Gasteiger charge is 2.31. The van der Waals surface area contributed by atoms with Crippen LogP contribution in [0.2, 0.25) is 5.02 Å². The molecule has 2 aliphatic heterocycles. The summed E-state index contributed by atoms with van der Waals surface area (Å²) in [5.41, 5.74) is 0.929. The highest BCUT2D eigenvalue weighted by atomic mass is 35.5. The van der Waals surface area contributed by atoms with Crippen LogP contribution in [-0.2, 0) is 10.0 Å². The third kappa shape index (κ3) is 3.81. The van der Waals surface area contributed by atoms with Crippen molar-refractivity contribution in [1.82, 2.24) is 14.3 Å². The monoisotopic (exact) mass is 421 g/mol.